The molecule has 1 aliphatic rings. The van der Waals surface area contributed by atoms with Gasteiger partial charge in [-0.15, -0.1) is 0 Å². The summed E-state index contributed by atoms with van der Waals surface area (Å²) in [5.41, 5.74) is 7.52. The second kappa shape index (κ2) is 5.01. The minimum Gasteiger partial charge on any atom is -0.330 e. The van der Waals surface area contributed by atoms with Crippen molar-refractivity contribution in [1.82, 2.24) is 10.2 Å². The van der Waals surface area contributed by atoms with Crippen LogP contribution in [0, 0.1) is 11.8 Å². The highest BCUT2D eigenvalue weighted by atomic mass is 16.1. The van der Waals surface area contributed by atoms with E-state index >= 15 is 0 Å². The average molecular weight is 258 g/mol. The third-order valence-corrected chi connectivity index (χ3v) is 4.01. The van der Waals surface area contributed by atoms with Crippen molar-refractivity contribution < 1.29 is 4.79 Å². The van der Waals surface area contributed by atoms with Gasteiger partial charge in [0, 0.05) is 17.0 Å². The zero-order chi connectivity index (χ0) is 13.2. The SMILES string of the molecule is NC[C@H]1CCC[C@H]1C(=O)Nc1ccc2[nH]ncc2c1. The Labute approximate surface area is 111 Å². The lowest BCUT2D eigenvalue weighted by Crippen LogP contribution is -2.29. The van der Waals surface area contributed by atoms with Crippen LogP contribution in [-0.2, 0) is 4.79 Å². The van der Waals surface area contributed by atoms with Crippen molar-refractivity contribution in [3.63, 3.8) is 0 Å². The van der Waals surface area contributed by atoms with Gasteiger partial charge < -0.3 is 11.1 Å². The molecule has 5 nitrogen and oxygen atoms in total. The molecule has 1 aliphatic carbocycles. The molecular weight excluding hydrogens is 240 g/mol. The number of hydrogen-bond donors (Lipinski definition) is 3. The fraction of sp³-hybridized carbons (Fsp3) is 0.429. The van der Waals surface area contributed by atoms with Gasteiger partial charge in [-0.3, -0.25) is 9.89 Å². The summed E-state index contributed by atoms with van der Waals surface area (Å²) >= 11 is 0. The van der Waals surface area contributed by atoms with Crippen molar-refractivity contribution in [2.45, 2.75) is 19.3 Å². The molecule has 1 aromatic heterocycles. The molecule has 1 heterocycles. The topological polar surface area (TPSA) is 83.8 Å². The highest BCUT2D eigenvalue weighted by Crippen LogP contribution is 2.32. The molecule has 2 aromatic rings. The van der Waals surface area contributed by atoms with E-state index in [0.717, 1.165) is 35.9 Å². The summed E-state index contributed by atoms with van der Waals surface area (Å²) in [6, 6.07) is 5.75. The molecule has 2 atom stereocenters. The lowest BCUT2D eigenvalue weighted by Gasteiger charge is -2.17. The fourth-order valence-corrected chi connectivity index (χ4v) is 2.92. The van der Waals surface area contributed by atoms with E-state index in [9.17, 15) is 4.79 Å². The Balaban J connectivity index is 1.74. The number of fused-ring (bicyclic) bond motifs is 1. The maximum absolute atomic E-state index is 12.3. The number of carbonyl (C=O) groups excluding carboxylic acids is 1. The van der Waals surface area contributed by atoms with Crippen LogP contribution in [0.5, 0.6) is 0 Å². The average Bonchev–Trinajstić information content (AvgIpc) is 3.06. The first kappa shape index (κ1) is 12.2. The molecule has 4 N–H and O–H groups in total. The molecule has 1 amide bonds. The molecule has 1 fully saturated rings. The minimum absolute atomic E-state index is 0.0602. The van der Waals surface area contributed by atoms with E-state index in [-0.39, 0.29) is 11.8 Å². The second-order valence-corrected chi connectivity index (χ2v) is 5.19. The van der Waals surface area contributed by atoms with E-state index < -0.39 is 0 Å². The van der Waals surface area contributed by atoms with Crippen LogP contribution >= 0.6 is 0 Å². The van der Waals surface area contributed by atoms with Crippen LogP contribution in [0.25, 0.3) is 10.9 Å². The van der Waals surface area contributed by atoms with E-state index in [1.165, 1.54) is 0 Å². The molecule has 0 bridgehead atoms. The molecule has 19 heavy (non-hydrogen) atoms. The number of aromatic amines is 1. The monoisotopic (exact) mass is 258 g/mol. The molecule has 1 aromatic carbocycles. The van der Waals surface area contributed by atoms with Crippen LogP contribution in [0.1, 0.15) is 19.3 Å². The van der Waals surface area contributed by atoms with E-state index in [4.69, 9.17) is 5.73 Å². The van der Waals surface area contributed by atoms with Gasteiger partial charge in [0.25, 0.3) is 0 Å². The van der Waals surface area contributed by atoms with Gasteiger partial charge in [0.2, 0.25) is 5.91 Å². The number of H-pyrrole nitrogens is 1. The van der Waals surface area contributed by atoms with Crippen molar-refractivity contribution in [1.29, 1.82) is 0 Å². The molecule has 1 saturated carbocycles. The summed E-state index contributed by atoms with van der Waals surface area (Å²) in [6.07, 6.45) is 4.86. The van der Waals surface area contributed by atoms with Gasteiger partial charge in [0.1, 0.15) is 0 Å². The van der Waals surface area contributed by atoms with Crippen LogP contribution in [0.3, 0.4) is 0 Å². The maximum Gasteiger partial charge on any atom is 0.227 e. The Bertz CT molecular complexity index is 592. The van der Waals surface area contributed by atoms with Gasteiger partial charge in [-0.2, -0.15) is 5.10 Å². The predicted molar refractivity (Wildman–Crippen MR) is 74.6 cm³/mol. The number of nitrogens with one attached hydrogen (secondary N) is 2. The van der Waals surface area contributed by atoms with Gasteiger partial charge in [0.05, 0.1) is 11.7 Å². The second-order valence-electron chi connectivity index (χ2n) is 5.19. The molecule has 0 unspecified atom stereocenters. The zero-order valence-corrected chi connectivity index (χ0v) is 10.7. The number of hydrogen-bond acceptors (Lipinski definition) is 3. The summed E-state index contributed by atoms with van der Waals surface area (Å²) in [6.45, 7) is 0.596. The number of amides is 1. The van der Waals surface area contributed by atoms with Crippen LogP contribution in [-0.4, -0.2) is 22.6 Å². The Morgan fingerprint density at radius 2 is 2.37 bits per heavy atom. The lowest BCUT2D eigenvalue weighted by molar-refractivity contribution is -0.120. The van der Waals surface area contributed by atoms with Gasteiger partial charge in [0.15, 0.2) is 0 Å². The Morgan fingerprint density at radius 1 is 1.47 bits per heavy atom. The summed E-state index contributed by atoms with van der Waals surface area (Å²) in [7, 11) is 0. The number of aromatic nitrogens is 2. The van der Waals surface area contributed by atoms with E-state index in [1.54, 1.807) is 6.20 Å². The Hall–Kier alpha value is -1.88. The summed E-state index contributed by atoms with van der Waals surface area (Å²) in [5.74, 6) is 0.485. The smallest absolute Gasteiger partial charge is 0.227 e. The van der Waals surface area contributed by atoms with Gasteiger partial charge in [-0.05, 0) is 43.5 Å². The summed E-state index contributed by atoms with van der Waals surface area (Å²) in [4.78, 5) is 12.3. The van der Waals surface area contributed by atoms with Crippen molar-refractivity contribution in [3.8, 4) is 0 Å². The van der Waals surface area contributed by atoms with Gasteiger partial charge in [-0.25, -0.2) is 0 Å². The highest BCUT2D eigenvalue weighted by molar-refractivity contribution is 5.95. The number of anilines is 1. The number of rotatable bonds is 3. The standard InChI is InChI=1S/C14H18N4O/c15-7-9-2-1-3-12(9)14(19)17-11-4-5-13-10(6-11)8-16-18-13/h4-6,8-9,12H,1-3,7,15H2,(H,16,18)(H,17,19)/t9-,12-/m1/s1. The van der Waals surface area contributed by atoms with Gasteiger partial charge >= 0.3 is 0 Å². The van der Waals surface area contributed by atoms with Crippen LogP contribution in [0.4, 0.5) is 5.69 Å². The van der Waals surface area contributed by atoms with E-state index in [0.29, 0.717) is 12.5 Å². The van der Waals surface area contributed by atoms with Crippen molar-refractivity contribution >= 4 is 22.5 Å². The molecule has 5 heteroatoms. The molecule has 0 radical (unpaired) electrons. The van der Waals surface area contributed by atoms with Crippen molar-refractivity contribution in [3.05, 3.63) is 24.4 Å². The first-order valence-electron chi connectivity index (χ1n) is 6.72. The zero-order valence-electron chi connectivity index (χ0n) is 10.7. The first-order valence-corrected chi connectivity index (χ1v) is 6.72. The lowest BCUT2D eigenvalue weighted by atomic mass is 9.95. The third-order valence-electron chi connectivity index (χ3n) is 4.01. The Kier molecular flexibility index (Phi) is 3.21. The molecule has 100 valence electrons. The fourth-order valence-electron chi connectivity index (χ4n) is 2.92. The van der Waals surface area contributed by atoms with Crippen molar-refractivity contribution in [2.24, 2.45) is 17.6 Å². The minimum atomic E-state index is 0.0602. The number of benzene rings is 1. The summed E-state index contributed by atoms with van der Waals surface area (Å²) in [5, 5.41) is 10.9. The maximum atomic E-state index is 12.3. The van der Waals surface area contributed by atoms with Crippen LogP contribution in [0.2, 0.25) is 0 Å². The first-order chi connectivity index (χ1) is 9.28. The normalized spacial score (nSPS) is 22.8. The number of nitrogens with two attached hydrogens (primary N) is 1. The van der Waals surface area contributed by atoms with Gasteiger partial charge in [-0.1, -0.05) is 6.42 Å². The molecule has 0 spiro atoms. The molecular formula is C14H18N4O. The van der Waals surface area contributed by atoms with Crippen LogP contribution in [0.15, 0.2) is 24.4 Å². The van der Waals surface area contributed by atoms with Crippen molar-refractivity contribution in [2.75, 3.05) is 11.9 Å². The molecule has 0 saturated heterocycles. The van der Waals surface area contributed by atoms with Crippen LogP contribution < -0.4 is 11.1 Å². The molecule has 3 rings (SSSR count). The third kappa shape index (κ3) is 2.33. The van der Waals surface area contributed by atoms with E-state index in [1.807, 2.05) is 18.2 Å². The molecule has 0 aliphatic heterocycles. The predicted octanol–water partition coefficient (Wildman–Crippen LogP) is 1.88. The number of nitrogens with zero attached hydrogens (tertiary/aromatic N) is 1. The number of carbonyl (C=O) groups is 1. The summed E-state index contributed by atoms with van der Waals surface area (Å²) < 4.78 is 0. The Morgan fingerprint density at radius 3 is 3.21 bits per heavy atom. The largest absolute Gasteiger partial charge is 0.330 e. The quantitative estimate of drug-likeness (QED) is 0.786. The highest BCUT2D eigenvalue weighted by Gasteiger charge is 2.31. The van der Waals surface area contributed by atoms with E-state index in [2.05, 4.69) is 15.5 Å².